The summed E-state index contributed by atoms with van der Waals surface area (Å²) in [6.45, 7) is 9.82. The zero-order chi connectivity index (χ0) is 12.7. The molecular weight excluding hydrogens is 206 g/mol. The third-order valence-electron chi connectivity index (χ3n) is 3.36. The fourth-order valence-electron chi connectivity index (χ4n) is 2.44. The first-order valence-electron chi connectivity index (χ1n) is 6.55. The summed E-state index contributed by atoms with van der Waals surface area (Å²) in [5.74, 6) is 0.623. The first-order chi connectivity index (χ1) is 8.15. The van der Waals surface area contributed by atoms with Gasteiger partial charge in [0.25, 0.3) is 0 Å². The van der Waals surface area contributed by atoms with Gasteiger partial charge in [0.15, 0.2) is 0 Å². The van der Waals surface area contributed by atoms with Gasteiger partial charge in [-0.3, -0.25) is 0 Å². The Hall–Kier alpha value is -1.08. The van der Waals surface area contributed by atoms with E-state index in [4.69, 9.17) is 5.73 Å². The number of hydrogen-bond acceptors (Lipinski definition) is 1. The van der Waals surface area contributed by atoms with Gasteiger partial charge in [-0.05, 0) is 43.6 Å². The Morgan fingerprint density at radius 2 is 2.29 bits per heavy atom. The van der Waals surface area contributed by atoms with Crippen molar-refractivity contribution in [3.05, 3.63) is 48.6 Å². The van der Waals surface area contributed by atoms with Crippen molar-refractivity contribution in [2.24, 2.45) is 11.7 Å². The predicted octanol–water partition coefficient (Wildman–Crippen LogP) is 4.14. The molecule has 0 saturated carbocycles. The van der Waals surface area contributed by atoms with Crippen LogP contribution in [0.15, 0.2) is 48.6 Å². The molecule has 0 bridgehead atoms. The second-order valence-corrected chi connectivity index (χ2v) is 5.02. The first kappa shape index (κ1) is 14.0. The smallest absolute Gasteiger partial charge is 0.00473 e. The first-order valence-corrected chi connectivity index (χ1v) is 6.55. The van der Waals surface area contributed by atoms with Crippen molar-refractivity contribution in [1.29, 1.82) is 0 Å². The van der Waals surface area contributed by atoms with Crippen LogP contribution < -0.4 is 5.73 Å². The van der Waals surface area contributed by atoms with Crippen molar-refractivity contribution in [2.45, 2.75) is 45.1 Å². The average molecular weight is 231 g/mol. The Bertz CT molecular complexity index is 322. The quantitative estimate of drug-likeness (QED) is 0.558. The molecule has 2 atom stereocenters. The van der Waals surface area contributed by atoms with Crippen LogP contribution in [0.3, 0.4) is 0 Å². The van der Waals surface area contributed by atoms with E-state index in [1.807, 2.05) is 18.2 Å². The highest BCUT2D eigenvalue weighted by Gasteiger charge is 2.13. The molecule has 0 spiro atoms. The third kappa shape index (κ3) is 5.18. The van der Waals surface area contributed by atoms with Gasteiger partial charge in [-0.2, -0.15) is 0 Å². The lowest BCUT2D eigenvalue weighted by molar-refractivity contribution is 0.520. The SMILES string of the molecule is C=C/C=C(\C=C)CCC1=CC(C)CC(N)CC1. The molecule has 0 radical (unpaired) electrons. The van der Waals surface area contributed by atoms with Gasteiger partial charge in [-0.25, -0.2) is 0 Å². The van der Waals surface area contributed by atoms with E-state index in [9.17, 15) is 0 Å². The van der Waals surface area contributed by atoms with Gasteiger partial charge >= 0.3 is 0 Å². The van der Waals surface area contributed by atoms with Crippen LogP contribution in [0.25, 0.3) is 0 Å². The van der Waals surface area contributed by atoms with Crippen LogP contribution in [-0.2, 0) is 0 Å². The monoisotopic (exact) mass is 231 g/mol. The van der Waals surface area contributed by atoms with E-state index in [1.54, 1.807) is 5.57 Å². The van der Waals surface area contributed by atoms with Crippen molar-refractivity contribution < 1.29 is 0 Å². The summed E-state index contributed by atoms with van der Waals surface area (Å²) in [6.07, 6.45) is 13.8. The van der Waals surface area contributed by atoms with Gasteiger partial charge in [-0.15, -0.1) is 0 Å². The van der Waals surface area contributed by atoms with Gasteiger partial charge in [0, 0.05) is 6.04 Å². The van der Waals surface area contributed by atoms with Gasteiger partial charge < -0.3 is 5.73 Å². The largest absolute Gasteiger partial charge is 0.328 e. The Labute approximate surface area is 106 Å². The minimum absolute atomic E-state index is 0.376. The summed E-state index contributed by atoms with van der Waals surface area (Å²) in [6, 6.07) is 0.376. The average Bonchev–Trinajstić information content (AvgIpc) is 2.45. The van der Waals surface area contributed by atoms with E-state index in [-0.39, 0.29) is 0 Å². The molecule has 17 heavy (non-hydrogen) atoms. The molecule has 2 unspecified atom stereocenters. The molecule has 0 amide bonds. The summed E-state index contributed by atoms with van der Waals surface area (Å²) < 4.78 is 0. The summed E-state index contributed by atoms with van der Waals surface area (Å²) >= 11 is 0. The Balaban J connectivity index is 2.53. The minimum Gasteiger partial charge on any atom is -0.328 e. The lowest BCUT2D eigenvalue weighted by atomic mass is 9.99. The van der Waals surface area contributed by atoms with Crippen molar-refractivity contribution in [3.8, 4) is 0 Å². The second kappa shape index (κ2) is 7.29. The molecule has 94 valence electrons. The second-order valence-electron chi connectivity index (χ2n) is 5.02. The fraction of sp³-hybridized carbons (Fsp3) is 0.500. The maximum atomic E-state index is 6.04. The van der Waals surface area contributed by atoms with Crippen molar-refractivity contribution >= 4 is 0 Å². The zero-order valence-corrected chi connectivity index (χ0v) is 11.0. The molecule has 0 aromatic rings. The highest BCUT2D eigenvalue weighted by molar-refractivity contribution is 5.22. The van der Waals surface area contributed by atoms with E-state index in [1.165, 1.54) is 5.57 Å². The number of allylic oxidation sites excluding steroid dienone is 6. The van der Waals surface area contributed by atoms with E-state index in [0.29, 0.717) is 12.0 Å². The topological polar surface area (TPSA) is 26.0 Å². The standard InChI is InChI=1S/C16H25N/c1-4-6-14(5-2)7-8-15-9-10-16(17)12-13(3)11-15/h4-6,11,13,16H,1-2,7-10,12,17H2,3H3/b14-6+. The molecule has 0 saturated heterocycles. The summed E-state index contributed by atoms with van der Waals surface area (Å²) in [7, 11) is 0. The molecule has 1 rings (SSSR count). The maximum Gasteiger partial charge on any atom is 0.00473 e. The van der Waals surface area contributed by atoms with E-state index in [0.717, 1.165) is 32.1 Å². The predicted molar refractivity (Wildman–Crippen MR) is 76.8 cm³/mol. The highest BCUT2D eigenvalue weighted by Crippen LogP contribution is 2.25. The van der Waals surface area contributed by atoms with E-state index >= 15 is 0 Å². The molecular formula is C16H25N. The van der Waals surface area contributed by atoms with Gasteiger partial charge in [0.2, 0.25) is 0 Å². The number of rotatable bonds is 5. The number of nitrogens with two attached hydrogens (primary N) is 1. The molecule has 0 aromatic heterocycles. The van der Waals surface area contributed by atoms with Gasteiger partial charge in [-0.1, -0.05) is 50.0 Å². The van der Waals surface area contributed by atoms with Crippen molar-refractivity contribution in [1.82, 2.24) is 0 Å². The Morgan fingerprint density at radius 3 is 2.94 bits per heavy atom. The minimum atomic E-state index is 0.376. The van der Waals surface area contributed by atoms with Crippen LogP contribution in [0, 0.1) is 5.92 Å². The molecule has 2 N–H and O–H groups in total. The maximum absolute atomic E-state index is 6.04. The zero-order valence-electron chi connectivity index (χ0n) is 11.0. The normalized spacial score (nSPS) is 26.0. The van der Waals surface area contributed by atoms with Crippen LogP contribution in [0.4, 0.5) is 0 Å². The van der Waals surface area contributed by atoms with Crippen molar-refractivity contribution in [2.75, 3.05) is 0 Å². The highest BCUT2D eigenvalue weighted by atomic mass is 14.6. The molecule has 1 heteroatoms. The summed E-state index contributed by atoms with van der Waals surface area (Å²) in [5.41, 5.74) is 8.87. The van der Waals surface area contributed by atoms with E-state index in [2.05, 4.69) is 26.2 Å². The molecule has 1 nitrogen and oxygen atoms in total. The molecule has 0 aromatic carbocycles. The Kier molecular flexibility index (Phi) is 5.99. The van der Waals surface area contributed by atoms with E-state index < -0.39 is 0 Å². The van der Waals surface area contributed by atoms with Crippen molar-refractivity contribution in [3.63, 3.8) is 0 Å². The molecule has 0 fully saturated rings. The van der Waals surface area contributed by atoms with Crippen LogP contribution in [0.2, 0.25) is 0 Å². The fourth-order valence-corrected chi connectivity index (χ4v) is 2.44. The lowest BCUT2D eigenvalue weighted by Gasteiger charge is -2.09. The van der Waals surface area contributed by atoms with Gasteiger partial charge in [0.05, 0.1) is 0 Å². The lowest BCUT2D eigenvalue weighted by Crippen LogP contribution is -2.20. The molecule has 0 aliphatic heterocycles. The van der Waals surface area contributed by atoms with Crippen LogP contribution in [0.5, 0.6) is 0 Å². The van der Waals surface area contributed by atoms with Crippen LogP contribution in [0.1, 0.15) is 39.0 Å². The van der Waals surface area contributed by atoms with Crippen LogP contribution in [-0.4, -0.2) is 6.04 Å². The molecule has 1 aliphatic rings. The molecule has 1 aliphatic carbocycles. The number of hydrogen-bond donors (Lipinski definition) is 1. The van der Waals surface area contributed by atoms with Gasteiger partial charge in [0.1, 0.15) is 0 Å². The molecule has 0 heterocycles. The summed E-state index contributed by atoms with van der Waals surface area (Å²) in [4.78, 5) is 0. The third-order valence-corrected chi connectivity index (χ3v) is 3.36. The Morgan fingerprint density at radius 1 is 1.53 bits per heavy atom. The van der Waals surface area contributed by atoms with Crippen LogP contribution >= 0.6 is 0 Å². The summed E-state index contributed by atoms with van der Waals surface area (Å²) in [5, 5.41) is 0.